The van der Waals surface area contributed by atoms with Crippen LogP contribution >= 0.6 is 0 Å². The number of amides is 1. The number of aromatic amines is 1. The minimum Gasteiger partial charge on any atom is -0.335 e. The molecule has 3 aromatic rings. The van der Waals surface area contributed by atoms with E-state index in [0.717, 1.165) is 30.5 Å². The SMILES string of the molecule is N#Cc1ccc(CN2CCN(C(=O)c3n[nH]c4ccccc34)CC2)cc1. The summed E-state index contributed by atoms with van der Waals surface area (Å²) in [5.74, 6) is -0.0135. The zero-order valence-electron chi connectivity index (χ0n) is 14.4. The lowest BCUT2D eigenvalue weighted by molar-refractivity contribution is 0.0624. The molecule has 6 heteroatoms. The molecule has 1 N–H and O–H groups in total. The van der Waals surface area contributed by atoms with Crippen molar-refractivity contribution in [2.24, 2.45) is 0 Å². The quantitative estimate of drug-likeness (QED) is 0.791. The Labute approximate surface area is 151 Å². The van der Waals surface area contributed by atoms with Crippen molar-refractivity contribution in [2.45, 2.75) is 6.54 Å². The highest BCUT2D eigenvalue weighted by Gasteiger charge is 2.25. The summed E-state index contributed by atoms with van der Waals surface area (Å²) in [4.78, 5) is 17.0. The van der Waals surface area contributed by atoms with Gasteiger partial charge in [0.1, 0.15) is 0 Å². The topological polar surface area (TPSA) is 76.0 Å². The van der Waals surface area contributed by atoms with Crippen LogP contribution in [-0.4, -0.2) is 52.1 Å². The molecule has 0 radical (unpaired) electrons. The van der Waals surface area contributed by atoms with Gasteiger partial charge in [-0.3, -0.25) is 14.8 Å². The maximum Gasteiger partial charge on any atom is 0.275 e. The van der Waals surface area contributed by atoms with Gasteiger partial charge in [0.05, 0.1) is 17.1 Å². The Bertz CT molecular complexity index is 962. The standard InChI is InChI=1S/C20H19N5O/c21-13-15-5-7-16(8-6-15)14-24-9-11-25(12-10-24)20(26)19-17-3-1-2-4-18(17)22-23-19/h1-8H,9-12,14H2,(H,22,23). The Balaban J connectivity index is 1.38. The molecular weight excluding hydrogens is 326 g/mol. The number of nitriles is 1. The van der Waals surface area contributed by atoms with Crippen molar-refractivity contribution >= 4 is 16.8 Å². The van der Waals surface area contributed by atoms with Gasteiger partial charge < -0.3 is 4.90 Å². The molecule has 1 aliphatic heterocycles. The highest BCUT2D eigenvalue weighted by molar-refractivity contribution is 6.04. The Morgan fingerprint density at radius 1 is 1.08 bits per heavy atom. The Morgan fingerprint density at radius 2 is 1.81 bits per heavy atom. The van der Waals surface area contributed by atoms with Crippen molar-refractivity contribution in [3.05, 3.63) is 65.4 Å². The van der Waals surface area contributed by atoms with E-state index in [9.17, 15) is 4.79 Å². The van der Waals surface area contributed by atoms with Crippen LogP contribution in [0.1, 0.15) is 21.6 Å². The van der Waals surface area contributed by atoms with Crippen LogP contribution in [0.5, 0.6) is 0 Å². The highest BCUT2D eigenvalue weighted by Crippen LogP contribution is 2.18. The van der Waals surface area contributed by atoms with Crippen molar-refractivity contribution in [3.8, 4) is 6.07 Å². The molecule has 0 unspecified atom stereocenters. The predicted molar refractivity (Wildman–Crippen MR) is 98.4 cm³/mol. The number of fused-ring (bicyclic) bond motifs is 1. The number of nitrogens with one attached hydrogen (secondary N) is 1. The zero-order valence-corrected chi connectivity index (χ0v) is 14.4. The number of hydrogen-bond donors (Lipinski definition) is 1. The minimum atomic E-state index is -0.0135. The molecule has 1 amide bonds. The van der Waals surface area contributed by atoms with E-state index in [1.165, 1.54) is 5.56 Å². The highest BCUT2D eigenvalue weighted by atomic mass is 16.2. The third-order valence-electron chi connectivity index (χ3n) is 4.82. The first kappa shape index (κ1) is 16.3. The van der Waals surface area contributed by atoms with Gasteiger partial charge in [-0.15, -0.1) is 0 Å². The van der Waals surface area contributed by atoms with E-state index in [1.54, 1.807) is 0 Å². The minimum absolute atomic E-state index is 0.0135. The molecule has 2 heterocycles. The molecule has 1 aliphatic rings. The van der Waals surface area contributed by atoms with E-state index in [4.69, 9.17) is 5.26 Å². The summed E-state index contributed by atoms with van der Waals surface area (Å²) in [5, 5.41) is 16.9. The number of benzene rings is 2. The van der Waals surface area contributed by atoms with E-state index in [0.29, 0.717) is 24.3 Å². The van der Waals surface area contributed by atoms with Crippen LogP contribution in [0.3, 0.4) is 0 Å². The van der Waals surface area contributed by atoms with Gasteiger partial charge in [0, 0.05) is 38.1 Å². The molecule has 2 aromatic carbocycles. The van der Waals surface area contributed by atoms with Crippen molar-refractivity contribution in [3.63, 3.8) is 0 Å². The van der Waals surface area contributed by atoms with Crippen LogP contribution in [0.4, 0.5) is 0 Å². The van der Waals surface area contributed by atoms with Crippen LogP contribution in [-0.2, 0) is 6.54 Å². The van der Waals surface area contributed by atoms with Gasteiger partial charge >= 0.3 is 0 Å². The van der Waals surface area contributed by atoms with E-state index in [1.807, 2.05) is 53.4 Å². The number of carbonyl (C=O) groups excluding carboxylic acids is 1. The van der Waals surface area contributed by atoms with E-state index >= 15 is 0 Å². The summed E-state index contributed by atoms with van der Waals surface area (Å²) in [6, 6.07) is 17.5. The van der Waals surface area contributed by atoms with Crippen LogP contribution in [0.2, 0.25) is 0 Å². The summed E-state index contributed by atoms with van der Waals surface area (Å²) >= 11 is 0. The van der Waals surface area contributed by atoms with Gasteiger partial charge in [0.15, 0.2) is 5.69 Å². The molecule has 26 heavy (non-hydrogen) atoms. The maximum atomic E-state index is 12.8. The smallest absolute Gasteiger partial charge is 0.275 e. The monoisotopic (exact) mass is 345 g/mol. The fourth-order valence-corrected chi connectivity index (χ4v) is 3.33. The average Bonchev–Trinajstić information content (AvgIpc) is 3.13. The Kier molecular flexibility index (Phi) is 4.38. The van der Waals surface area contributed by atoms with Gasteiger partial charge in [-0.05, 0) is 23.8 Å². The molecule has 0 atom stereocenters. The van der Waals surface area contributed by atoms with Crippen LogP contribution in [0.25, 0.3) is 10.9 Å². The second-order valence-electron chi connectivity index (χ2n) is 6.49. The third kappa shape index (κ3) is 3.17. The molecule has 1 fully saturated rings. The first-order valence-electron chi connectivity index (χ1n) is 8.68. The number of aromatic nitrogens is 2. The Morgan fingerprint density at radius 3 is 2.54 bits per heavy atom. The van der Waals surface area contributed by atoms with Gasteiger partial charge in [0.25, 0.3) is 5.91 Å². The lowest BCUT2D eigenvalue weighted by atomic mass is 10.1. The molecule has 130 valence electrons. The average molecular weight is 345 g/mol. The molecule has 6 nitrogen and oxygen atoms in total. The number of H-pyrrole nitrogens is 1. The molecule has 0 spiro atoms. The number of piperazine rings is 1. The van der Waals surface area contributed by atoms with Crippen molar-refractivity contribution in [2.75, 3.05) is 26.2 Å². The molecule has 4 rings (SSSR count). The summed E-state index contributed by atoms with van der Waals surface area (Å²) in [6.07, 6.45) is 0. The number of para-hydroxylation sites is 1. The summed E-state index contributed by atoms with van der Waals surface area (Å²) in [6.45, 7) is 3.87. The lowest BCUT2D eigenvalue weighted by Gasteiger charge is -2.34. The van der Waals surface area contributed by atoms with Crippen LogP contribution in [0.15, 0.2) is 48.5 Å². The molecule has 0 aliphatic carbocycles. The number of nitrogens with zero attached hydrogens (tertiary/aromatic N) is 4. The number of rotatable bonds is 3. The second-order valence-corrected chi connectivity index (χ2v) is 6.49. The summed E-state index contributed by atoms with van der Waals surface area (Å²) in [7, 11) is 0. The first-order valence-corrected chi connectivity index (χ1v) is 8.68. The van der Waals surface area contributed by atoms with Crippen molar-refractivity contribution < 1.29 is 4.79 Å². The van der Waals surface area contributed by atoms with Crippen LogP contribution < -0.4 is 0 Å². The first-order chi connectivity index (χ1) is 12.7. The largest absolute Gasteiger partial charge is 0.335 e. The van der Waals surface area contributed by atoms with Crippen molar-refractivity contribution in [1.82, 2.24) is 20.0 Å². The normalized spacial score (nSPS) is 15.1. The van der Waals surface area contributed by atoms with Gasteiger partial charge in [-0.1, -0.05) is 30.3 Å². The predicted octanol–water partition coefficient (Wildman–Crippen LogP) is 2.39. The lowest BCUT2D eigenvalue weighted by Crippen LogP contribution is -2.48. The molecule has 0 bridgehead atoms. The van der Waals surface area contributed by atoms with Crippen LogP contribution in [0, 0.1) is 11.3 Å². The van der Waals surface area contributed by atoms with Gasteiger partial charge in [-0.2, -0.15) is 10.4 Å². The zero-order chi connectivity index (χ0) is 17.9. The third-order valence-corrected chi connectivity index (χ3v) is 4.82. The molecule has 0 saturated carbocycles. The fraction of sp³-hybridized carbons (Fsp3) is 0.250. The van der Waals surface area contributed by atoms with Gasteiger partial charge in [0.2, 0.25) is 0 Å². The fourth-order valence-electron chi connectivity index (χ4n) is 3.33. The molecule has 1 aromatic heterocycles. The van der Waals surface area contributed by atoms with E-state index in [2.05, 4.69) is 21.2 Å². The number of carbonyl (C=O) groups is 1. The maximum absolute atomic E-state index is 12.8. The molecular formula is C20H19N5O. The second kappa shape index (κ2) is 6.98. The summed E-state index contributed by atoms with van der Waals surface area (Å²) in [5.41, 5.74) is 3.24. The molecule has 1 saturated heterocycles. The summed E-state index contributed by atoms with van der Waals surface area (Å²) < 4.78 is 0. The Hall–Kier alpha value is -3.17. The number of hydrogen-bond acceptors (Lipinski definition) is 4. The van der Waals surface area contributed by atoms with Gasteiger partial charge in [-0.25, -0.2) is 0 Å². The van der Waals surface area contributed by atoms with Crippen molar-refractivity contribution in [1.29, 1.82) is 5.26 Å². The van der Waals surface area contributed by atoms with E-state index < -0.39 is 0 Å². The van der Waals surface area contributed by atoms with E-state index in [-0.39, 0.29) is 5.91 Å².